The average Bonchev–Trinajstić information content (AvgIpc) is 3.44. The van der Waals surface area contributed by atoms with Crippen LogP contribution in [0.3, 0.4) is 0 Å². The molecule has 0 rings (SSSR count). The van der Waals surface area contributed by atoms with E-state index < -0.39 is 6.10 Å². The molecule has 0 heterocycles. The molecule has 0 aliphatic rings. The van der Waals surface area contributed by atoms with Gasteiger partial charge in [-0.1, -0.05) is 304 Å². The first kappa shape index (κ1) is 74.3. The Balaban J connectivity index is 4.21. The lowest BCUT2D eigenvalue weighted by atomic mass is 10.0. The van der Waals surface area contributed by atoms with Crippen molar-refractivity contribution in [3.05, 3.63) is 97.2 Å². The van der Waals surface area contributed by atoms with Crippen molar-refractivity contribution < 1.29 is 28.6 Å². The van der Waals surface area contributed by atoms with Crippen LogP contribution in [0, 0.1) is 0 Å². The minimum absolute atomic E-state index is 0.0831. The monoisotopic (exact) mass is 1080 g/mol. The summed E-state index contributed by atoms with van der Waals surface area (Å²) in [5, 5.41) is 0. The van der Waals surface area contributed by atoms with Gasteiger partial charge in [-0.05, 0) is 96.3 Å². The van der Waals surface area contributed by atoms with E-state index in [4.69, 9.17) is 14.2 Å². The highest BCUT2D eigenvalue weighted by Crippen LogP contribution is 2.17. The molecule has 1 atom stereocenters. The summed E-state index contributed by atoms with van der Waals surface area (Å²) in [4.78, 5) is 38.3. The third-order valence-corrected chi connectivity index (χ3v) is 14.3. The molecular weight excluding hydrogens is 961 g/mol. The number of allylic oxidation sites excluding steroid dienone is 16. The van der Waals surface area contributed by atoms with E-state index in [2.05, 4.69) is 118 Å². The fourth-order valence-corrected chi connectivity index (χ4v) is 9.43. The lowest BCUT2D eigenvalue weighted by Gasteiger charge is -2.18. The molecule has 0 aliphatic heterocycles. The second-order valence-corrected chi connectivity index (χ2v) is 22.0. The lowest BCUT2D eigenvalue weighted by molar-refractivity contribution is -0.167. The normalized spacial score (nSPS) is 12.7. The van der Waals surface area contributed by atoms with Crippen molar-refractivity contribution in [1.82, 2.24) is 0 Å². The number of carbonyl (C=O) groups excluding carboxylic acids is 3. The van der Waals surface area contributed by atoms with Crippen molar-refractivity contribution in [2.75, 3.05) is 13.2 Å². The van der Waals surface area contributed by atoms with Crippen molar-refractivity contribution in [1.29, 1.82) is 0 Å². The zero-order chi connectivity index (χ0) is 56.4. The molecule has 0 saturated heterocycles. The summed E-state index contributed by atoms with van der Waals surface area (Å²) in [6.07, 6.45) is 88.6. The summed E-state index contributed by atoms with van der Waals surface area (Å²) < 4.78 is 16.9. The van der Waals surface area contributed by atoms with Crippen LogP contribution in [0.4, 0.5) is 0 Å². The highest BCUT2D eigenvalue weighted by atomic mass is 16.6. The molecule has 0 aromatic carbocycles. The molecule has 0 saturated carbocycles. The molecule has 0 bridgehead atoms. The van der Waals surface area contributed by atoms with Crippen molar-refractivity contribution in [3.63, 3.8) is 0 Å². The minimum atomic E-state index is -0.787. The summed E-state index contributed by atoms with van der Waals surface area (Å²) in [5.74, 6) is -0.899. The summed E-state index contributed by atoms with van der Waals surface area (Å²) in [5.41, 5.74) is 0. The van der Waals surface area contributed by atoms with Crippen molar-refractivity contribution in [3.8, 4) is 0 Å². The van der Waals surface area contributed by atoms with Gasteiger partial charge in [-0.25, -0.2) is 0 Å². The SMILES string of the molecule is CC/C=C\C/C=C\C/C=C\C/C=C\C/C=C\CCCCCCCCCCCCCCCCCC(=O)OCC(COC(=O)CCCCC/C=C\C/C=C\C/C=C\CC)OC(=O)CCCCCCCCCCCCCCCCCC. The molecule has 0 aromatic rings. The van der Waals surface area contributed by atoms with E-state index in [0.29, 0.717) is 19.3 Å². The average molecular weight is 1090 g/mol. The molecule has 0 radical (unpaired) electrons. The molecule has 448 valence electrons. The molecule has 0 aliphatic carbocycles. The van der Waals surface area contributed by atoms with Crippen LogP contribution in [-0.4, -0.2) is 37.2 Å². The van der Waals surface area contributed by atoms with Crippen LogP contribution in [0.1, 0.15) is 323 Å². The van der Waals surface area contributed by atoms with E-state index in [1.807, 2.05) is 0 Å². The molecule has 6 nitrogen and oxygen atoms in total. The molecule has 78 heavy (non-hydrogen) atoms. The van der Waals surface area contributed by atoms with Crippen LogP contribution >= 0.6 is 0 Å². The molecule has 0 spiro atoms. The van der Waals surface area contributed by atoms with Crippen LogP contribution in [0.2, 0.25) is 0 Å². The second kappa shape index (κ2) is 65.8. The van der Waals surface area contributed by atoms with Crippen LogP contribution in [-0.2, 0) is 28.6 Å². The molecule has 6 heteroatoms. The highest BCUT2D eigenvalue weighted by molar-refractivity contribution is 5.71. The van der Waals surface area contributed by atoms with Gasteiger partial charge in [0.15, 0.2) is 6.10 Å². The zero-order valence-corrected chi connectivity index (χ0v) is 51.4. The van der Waals surface area contributed by atoms with Crippen LogP contribution in [0.5, 0.6) is 0 Å². The van der Waals surface area contributed by atoms with Gasteiger partial charge in [-0.2, -0.15) is 0 Å². The molecule has 0 fully saturated rings. The Hall–Kier alpha value is -3.67. The van der Waals surface area contributed by atoms with E-state index in [9.17, 15) is 14.4 Å². The van der Waals surface area contributed by atoms with E-state index in [-0.39, 0.29) is 31.1 Å². The Kier molecular flexibility index (Phi) is 62.7. The molecule has 0 amide bonds. The maximum absolute atomic E-state index is 12.9. The molecular formula is C72H124O6. The van der Waals surface area contributed by atoms with E-state index in [1.165, 1.54) is 167 Å². The number of hydrogen-bond acceptors (Lipinski definition) is 6. The van der Waals surface area contributed by atoms with Crippen LogP contribution < -0.4 is 0 Å². The smallest absolute Gasteiger partial charge is 0.306 e. The van der Waals surface area contributed by atoms with Gasteiger partial charge >= 0.3 is 17.9 Å². The highest BCUT2D eigenvalue weighted by Gasteiger charge is 2.19. The van der Waals surface area contributed by atoms with Crippen molar-refractivity contribution >= 4 is 17.9 Å². The van der Waals surface area contributed by atoms with Gasteiger partial charge in [0.1, 0.15) is 13.2 Å². The number of hydrogen-bond donors (Lipinski definition) is 0. The van der Waals surface area contributed by atoms with Gasteiger partial charge in [0, 0.05) is 19.3 Å². The van der Waals surface area contributed by atoms with Gasteiger partial charge in [-0.15, -0.1) is 0 Å². The predicted octanol–water partition coefficient (Wildman–Crippen LogP) is 22.8. The lowest BCUT2D eigenvalue weighted by Crippen LogP contribution is -2.30. The van der Waals surface area contributed by atoms with Crippen LogP contribution in [0.15, 0.2) is 97.2 Å². The quantitative estimate of drug-likeness (QED) is 0.0261. The first-order valence-corrected chi connectivity index (χ1v) is 33.2. The maximum Gasteiger partial charge on any atom is 0.306 e. The standard InChI is InChI=1S/C72H124O6/c1-4-7-10-13-16-19-22-25-27-29-30-31-32-33-34-35-36-37-38-39-40-41-42-43-45-47-50-53-56-59-62-65-71(74)77-68-69(67-76-70(73)64-61-58-55-52-49-46-24-21-18-15-12-9-6-3)78-72(75)66-63-60-57-54-51-48-44-28-26-23-20-17-14-11-8-5-2/h7,9-10,12,16,18-19,21,25,27,30-31,33-34,46,49,69H,4-6,8,11,13-15,17,20,22-24,26,28-29,32,35-45,47-48,50-68H2,1-3H3/b10-7-,12-9-,19-16-,21-18-,27-25-,31-30-,34-33-,49-46-. The number of ether oxygens (including phenoxy) is 3. The number of carbonyl (C=O) groups is 3. The molecule has 0 aromatic heterocycles. The topological polar surface area (TPSA) is 78.9 Å². The Labute approximate surface area is 483 Å². The third-order valence-electron chi connectivity index (χ3n) is 14.3. The zero-order valence-electron chi connectivity index (χ0n) is 51.4. The van der Waals surface area contributed by atoms with E-state index >= 15 is 0 Å². The van der Waals surface area contributed by atoms with Crippen molar-refractivity contribution in [2.45, 2.75) is 329 Å². The number of rotatable bonds is 60. The minimum Gasteiger partial charge on any atom is -0.462 e. The fraction of sp³-hybridized carbons (Fsp3) is 0.736. The van der Waals surface area contributed by atoms with E-state index in [0.717, 1.165) is 116 Å². The fourth-order valence-electron chi connectivity index (χ4n) is 9.43. The van der Waals surface area contributed by atoms with Gasteiger partial charge in [0.2, 0.25) is 0 Å². The Morgan fingerprint density at radius 1 is 0.269 bits per heavy atom. The summed E-state index contributed by atoms with van der Waals surface area (Å²) in [7, 11) is 0. The Morgan fingerprint density at radius 3 is 0.795 bits per heavy atom. The first-order chi connectivity index (χ1) is 38.5. The second-order valence-electron chi connectivity index (χ2n) is 22.0. The Morgan fingerprint density at radius 2 is 0.500 bits per heavy atom. The van der Waals surface area contributed by atoms with Gasteiger partial charge in [0.05, 0.1) is 0 Å². The maximum atomic E-state index is 12.9. The summed E-state index contributed by atoms with van der Waals surface area (Å²) >= 11 is 0. The van der Waals surface area contributed by atoms with Gasteiger partial charge in [0.25, 0.3) is 0 Å². The largest absolute Gasteiger partial charge is 0.462 e. The first-order valence-electron chi connectivity index (χ1n) is 33.2. The number of esters is 3. The van der Waals surface area contributed by atoms with Crippen LogP contribution in [0.25, 0.3) is 0 Å². The summed E-state index contributed by atoms with van der Waals surface area (Å²) in [6.45, 7) is 6.42. The van der Waals surface area contributed by atoms with Crippen molar-refractivity contribution in [2.24, 2.45) is 0 Å². The third kappa shape index (κ3) is 63.2. The van der Waals surface area contributed by atoms with Gasteiger partial charge in [-0.3, -0.25) is 14.4 Å². The number of unbranched alkanes of at least 4 members (excludes halogenated alkanes) is 33. The summed E-state index contributed by atoms with van der Waals surface area (Å²) in [6, 6.07) is 0. The molecule has 0 N–H and O–H groups in total. The van der Waals surface area contributed by atoms with E-state index in [1.54, 1.807) is 0 Å². The molecule has 1 unspecified atom stereocenters. The Bertz CT molecular complexity index is 1530. The predicted molar refractivity (Wildman–Crippen MR) is 339 cm³/mol. The van der Waals surface area contributed by atoms with Gasteiger partial charge < -0.3 is 14.2 Å².